The highest BCUT2D eigenvalue weighted by atomic mass is 19.1. The number of nitrogens with one attached hydrogen (secondary N) is 2. The molecule has 2 fully saturated rings. The van der Waals surface area contributed by atoms with Gasteiger partial charge in [0.15, 0.2) is 5.66 Å². The summed E-state index contributed by atoms with van der Waals surface area (Å²) in [6.07, 6.45) is 9.93. The third-order valence-electron chi connectivity index (χ3n) is 8.47. The van der Waals surface area contributed by atoms with Crippen LogP contribution in [0.4, 0.5) is 14.9 Å². The van der Waals surface area contributed by atoms with Crippen molar-refractivity contribution in [3.63, 3.8) is 0 Å². The van der Waals surface area contributed by atoms with Gasteiger partial charge in [-0.2, -0.15) is 4.99 Å². The van der Waals surface area contributed by atoms with Crippen molar-refractivity contribution < 1.29 is 9.18 Å². The lowest BCUT2D eigenvalue weighted by atomic mass is 9.79. The summed E-state index contributed by atoms with van der Waals surface area (Å²) in [5.41, 5.74) is 2.79. The first kappa shape index (κ1) is 21.8. The first-order valence-corrected chi connectivity index (χ1v) is 12.9. The molecule has 2 amide bonds. The highest BCUT2D eigenvalue weighted by Gasteiger charge is 2.53. The molecule has 1 saturated heterocycles. The fourth-order valence-electron chi connectivity index (χ4n) is 6.65. The minimum absolute atomic E-state index is 0.317. The van der Waals surface area contributed by atoms with Gasteiger partial charge >= 0.3 is 6.03 Å². The maximum Gasteiger partial charge on any atom is 0.351 e. The molecule has 2 aromatic carbocycles. The second-order valence-electron chi connectivity index (χ2n) is 10.5. The van der Waals surface area contributed by atoms with Crippen molar-refractivity contribution in [3.05, 3.63) is 65.5 Å². The Morgan fingerprint density at radius 1 is 0.971 bits per heavy atom. The van der Waals surface area contributed by atoms with Gasteiger partial charge in [-0.15, -0.1) is 0 Å². The maximum absolute atomic E-state index is 14.2. The number of rotatable bonds is 3. The molecule has 0 bridgehead atoms. The van der Waals surface area contributed by atoms with E-state index in [2.05, 4.69) is 39.9 Å². The molecule has 2 atom stereocenters. The van der Waals surface area contributed by atoms with Crippen LogP contribution >= 0.6 is 0 Å². The van der Waals surface area contributed by atoms with E-state index in [9.17, 15) is 9.18 Å². The van der Waals surface area contributed by atoms with E-state index in [0.29, 0.717) is 23.6 Å². The number of hydrogen-bond acceptors (Lipinski definition) is 3. The standard InChI is InChI=1S/C28H33FN4O/c29-23-9-6-12-25(17-23)33-27(34)32-26(31-24-10-2-1-3-11-24)28(33)14-13-21(18-30-28)22-15-19-7-4-5-8-20(19)16-22/h4-9,12,17,21-22,24,30H,1-3,10-11,13-16,18H2,(H,31,32,34). The first-order chi connectivity index (χ1) is 16.6. The quantitative estimate of drug-likeness (QED) is 0.662. The lowest BCUT2D eigenvalue weighted by Crippen LogP contribution is -2.68. The summed E-state index contributed by atoms with van der Waals surface area (Å²) in [5.74, 6) is 1.54. The van der Waals surface area contributed by atoms with Gasteiger partial charge in [-0.1, -0.05) is 49.6 Å². The molecular formula is C28H33FN4O. The van der Waals surface area contributed by atoms with Gasteiger partial charge in [0.2, 0.25) is 0 Å². The van der Waals surface area contributed by atoms with E-state index < -0.39 is 5.66 Å². The molecule has 1 spiro atoms. The van der Waals surface area contributed by atoms with Gasteiger partial charge in [0.25, 0.3) is 0 Å². The molecular weight excluding hydrogens is 427 g/mol. The van der Waals surface area contributed by atoms with Gasteiger partial charge < -0.3 is 5.32 Å². The van der Waals surface area contributed by atoms with E-state index >= 15 is 0 Å². The number of benzene rings is 2. The average molecular weight is 461 g/mol. The molecule has 4 aliphatic rings. The number of fused-ring (bicyclic) bond motifs is 1. The molecule has 2 unspecified atom stereocenters. The minimum atomic E-state index is -0.732. The highest BCUT2D eigenvalue weighted by Crippen LogP contribution is 2.41. The fraction of sp³-hybridized carbons (Fsp3) is 0.500. The molecule has 178 valence electrons. The second-order valence-corrected chi connectivity index (χ2v) is 10.5. The van der Waals surface area contributed by atoms with Crippen LogP contribution in [-0.2, 0) is 12.8 Å². The van der Waals surface area contributed by atoms with Crippen molar-refractivity contribution in [2.45, 2.75) is 69.5 Å². The summed E-state index contributed by atoms with van der Waals surface area (Å²) in [6, 6.07) is 15.1. The van der Waals surface area contributed by atoms with E-state index in [1.807, 2.05) is 6.07 Å². The summed E-state index contributed by atoms with van der Waals surface area (Å²) in [7, 11) is 0. The van der Waals surface area contributed by atoms with Gasteiger partial charge in [0.1, 0.15) is 11.7 Å². The number of urea groups is 1. The molecule has 6 heteroatoms. The van der Waals surface area contributed by atoms with Gasteiger partial charge in [-0.05, 0) is 79.7 Å². The number of halogens is 1. The Hall–Kier alpha value is -2.73. The normalized spacial score (nSPS) is 27.8. The number of aliphatic imine (C=N–C) groups is 1. The number of carbonyl (C=O) groups is 1. The smallest absolute Gasteiger partial charge is 0.351 e. The number of piperidine rings is 1. The number of anilines is 1. The van der Waals surface area contributed by atoms with Crippen LogP contribution in [0.3, 0.4) is 0 Å². The Kier molecular flexibility index (Phi) is 5.64. The molecule has 0 radical (unpaired) electrons. The largest absolute Gasteiger partial charge is 0.367 e. The molecule has 2 aromatic rings. The maximum atomic E-state index is 14.2. The van der Waals surface area contributed by atoms with E-state index in [-0.39, 0.29) is 11.8 Å². The van der Waals surface area contributed by atoms with Gasteiger partial charge in [0.05, 0.1) is 5.69 Å². The third-order valence-corrected chi connectivity index (χ3v) is 8.47. The number of nitrogens with zero attached hydrogens (tertiary/aromatic N) is 2. The Morgan fingerprint density at radius 2 is 1.74 bits per heavy atom. The minimum Gasteiger partial charge on any atom is -0.367 e. The monoisotopic (exact) mass is 460 g/mol. The predicted octanol–water partition coefficient (Wildman–Crippen LogP) is 5.20. The third kappa shape index (κ3) is 3.82. The molecule has 2 aliphatic carbocycles. The van der Waals surface area contributed by atoms with Crippen molar-refractivity contribution in [2.24, 2.45) is 16.8 Å². The zero-order valence-electron chi connectivity index (χ0n) is 19.6. The van der Waals surface area contributed by atoms with Crippen LogP contribution in [0.15, 0.2) is 53.5 Å². The summed E-state index contributed by atoms with van der Waals surface area (Å²) in [6.45, 7) is 0.823. The SMILES string of the molecule is O=C1N=C(NC2CCCCC2)C2(CCC(C3Cc4ccccc4C3)CN2)N1c1cccc(F)c1. The molecule has 6 rings (SSSR count). The topological polar surface area (TPSA) is 56.7 Å². The predicted molar refractivity (Wildman–Crippen MR) is 133 cm³/mol. The molecule has 1 saturated carbocycles. The lowest BCUT2D eigenvalue weighted by molar-refractivity contribution is 0.202. The fourth-order valence-corrected chi connectivity index (χ4v) is 6.65. The summed E-state index contributed by atoms with van der Waals surface area (Å²) >= 11 is 0. The van der Waals surface area contributed by atoms with E-state index in [0.717, 1.165) is 50.9 Å². The lowest BCUT2D eigenvalue weighted by Gasteiger charge is -2.46. The van der Waals surface area contributed by atoms with E-state index in [1.165, 1.54) is 42.5 Å². The van der Waals surface area contributed by atoms with Gasteiger partial charge in [-0.3, -0.25) is 10.2 Å². The van der Waals surface area contributed by atoms with Crippen molar-refractivity contribution in [1.82, 2.24) is 10.6 Å². The van der Waals surface area contributed by atoms with Crippen molar-refractivity contribution in [1.29, 1.82) is 0 Å². The van der Waals surface area contributed by atoms with Crippen LogP contribution in [0.5, 0.6) is 0 Å². The summed E-state index contributed by atoms with van der Waals surface area (Å²) in [5, 5.41) is 7.43. The van der Waals surface area contributed by atoms with E-state index in [4.69, 9.17) is 0 Å². The molecule has 0 aromatic heterocycles. The van der Waals surface area contributed by atoms with Crippen molar-refractivity contribution in [3.8, 4) is 0 Å². The van der Waals surface area contributed by atoms with Crippen LogP contribution in [0.25, 0.3) is 0 Å². The zero-order chi connectivity index (χ0) is 23.1. The zero-order valence-corrected chi connectivity index (χ0v) is 19.6. The van der Waals surface area contributed by atoms with Gasteiger partial charge in [0, 0.05) is 12.6 Å². The number of amidine groups is 1. The first-order valence-electron chi connectivity index (χ1n) is 12.9. The van der Waals surface area contributed by atoms with Crippen LogP contribution in [0.1, 0.15) is 56.1 Å². The average Bonchev–Trinajstić information content (AvgIpc) is 3.39. The Morgan fingerprint density at radius 3 is 2.41 bits per heavy atom. The summed E-state index contributed by atoms with van der Waals surface area (Å²) < 4.78 is 14.2. The van der Waals surface area contributed by atoms with Crippen LogP contribution < -0.4 is 15.5 Å². The van der Waals surface area contributed by atoms with Crippen LogP contribution in [-0.4, -0.2) is 30.1 Å². The molecule has 34 heavy (non-hydrogen) atoms. The van der Waals surface area contributed by atoms with Crippen molar-refractivity contribution in [2.75, 3.05) is 11.4 Å². The van der Waals surface area contributed by atoms with E-state index in [1.54, 1.807) is 11.0 Å². The second kappa shape index (κ2) is 8.81. The Labute approximate surface area is 200 Å². The van der Waals surface area contributed by atoms with Gasteiger partial charge in [-0.25, -0.2) is 9.18 Å². The number of carbonyl (C=O) groups excluding carboxylic acids is 1. The highest BCUT2D eigenvalue weighted by molar-refractivity contribution is 6.15. The molecule has 2 aliphatic heterocycles. The number of amides is 2. The Bertz CT molecular complexity index is 1080. The number of hydrogen-bond donors (Lipinski definition) is 2. The Balaban J connectivity index is 1.26. The molecule has 2 heterocycles. The van der Waals surface area contributed by atoms with Crippen LogP contribution in [0.2, 0.25) is 0 Å². The summed E-state index contributed by atoms with van der Waals surface area (Å²) in [4.78, 5) is 19.4. The van der Waals surface area contributed by atoms with Crippen molar-refractivity contribution >= 4 is 17.6 Å². The molecule has 2 N–H and O–H groups in total. The molecule has 5 nitrogen and oxygen atoms in total. The van der Waals surface area contributed by atoms with Crippen LogP contribution in [0, 0.1) is 17.7 Å².